The molecular weight excluding hydrogens is 443 g/mol. The molecule has 1 heterocycles. The summed E-state index contributed by atoms with van der Waals surface area (Å²) in [7, 11) is 0. The van der Waals surface area contributed by atoms with Crippen LogP contribution in [0.5, 0.6) is 0 Å². The Morgan fingerprint density at radius 1 is 1.39 bits per heavy atom. The van der Waals surface area contributed by atoms with Crippen molar-refractivity contribution in [3.8, 4) is 6.07 Å². The molecule has 10 nitrogen and oxygen atoms in total. The number of halogens is 3. The summed E-state index contributed by atoms with van der Waals surface area (Å²) in [5.41, 5.74) is 8.74. The normalized spacial score (nSPS) is 13.4. The van der Waals surface area contributed by atoms with Crippen LogP contribution in [-0.2, 0) is 20.8 Å². The second kappa shape index (κ2) is 11.0. The van der Waals surface area contributed by atoms with Crippen LogP contribution in [-0.4, -0.2) is 49.0 Å². The largest absolute Gasteiger partial charge is 0.391 e. The number of ketones is 1. The van der Waals surface area contributed by atoms with Gasteiger partial charge in [0.2, 0.25) is 11.9 Å². The highest BCUT2D eigenvalue weighted by Gasteiger charge is 2.41. The first kappa shape index (κ1) is 25.2. The number of carbonyl (C=O) groups excluding carboxylic acids is 2. The summed E-state index contributed by atoms with van der Waals surface area (Å²) >= 11 is 0. The number of guanidine groups is 1. The molecule has 1 amide bonds. The Labute approximate surface area is 187 Å². The van der Waals surface area contributed by atoms with Crippen LogP contribution in [0.1, 0.15) is 24.5 Å². The number of carbonyl (C=O) groups is 2. The van der Waals surface area contributed by atoms with Crippen molar-refractivity contribution in [2.45, 2.75) is 25.7 Å². The third-order valence-electron chi connectivity index (χ3n) is 4.37. The number of oxime groups is 1. The van der Waals surface area contributed by atoms with Gasteiger partial charge in [0.1, 0.15) is 6.61 Å². The molecule has 176 valence electrons. The molecule has 33 heavy (non-hydrogen) atoms. The van der Waals surface area contributed by atoms with Crippen LogP contribution < -0.4 is 22.1 Å². The molecule has 0 saturated carbocycles. The Balaban J connectivity index is 2.09. The average Bonchev–Trinajstić information content (AvgIpc) is 2.75. The van der Waals surface area contributed by atoms with Crippen LogP contribution in [0.15, 0.2) is 34.1 Å². The number of nitrogens with zero attached hydrogens (tertiary/aromatic N) is 3. The Morgan fingerprint density at radius 3 is 2.79 bits per heavy atom. The van der Waals surface area contributed by atoms with Gasteiger partial charge in [-0.15, -0.1) is 0 Å². The summed E-state index contributed by atoms with van der Waals surface area (Å²) in [4.78, 5) is 32.2. The number of allylic oxidation sites excluding steroid dienone is 2. The quantitative estimate of drug-likeness (QED) is 0.172. The lowest BCUT2D eigenvalue weighted by Gasteiger charge is -2.21. The van der Waals surface area contributed by atoms with Crippen molar-refractivity contribution in [3.63, 3.8) is 0 Å². The monoisotopic (exact) mass is 465 g/mol. The zero-order valence-electron chi connectivity index (χ0n) is 17.6. The average molecular weight is 465 g/mol. The van der Waals surface area contributed by atoms with Crippen molar-refractivity contribution < 1.29 is 27.6 Å². The first-order chi connectivity index (χ1) is 15.5. The molecular formula is C20H22F3N7O3. The van der Waals surface area contributed by atoms with Crippen LogP contribution in [0, 0.1) is 17.1 Å². The van der Waals surface area contributed by atoms with Crippen LogP contribution in [0.4, 0.5) is 18.9 Å². The third kappa shape index (κ3) is 6.96. The van der Waals surface area contributed by atoms with E-state index in [0.717, 1.165) is 6.07 Å². The first-order valence-electron chi connectivity index (χ1n) is 9.65. The predicted octanol–water partition coefficient (Wildman–Crippen LogP) is 0.926. The minimum Gasteiger partial charge on any atom is -0.391 e. The van der Waals surface area contributed by atoms with Crippen LogP contribution >= 0.6 is 0 Å². The number of amides is 1. The van der Waals surface area contributed by atoms with Gasteiger partial charge in [-0.1, -0.05) is 6.08 Å². The molecule has 0 fully saturated rings. The molecule has 0 unspecified atom stereocenters. The van der Waals surface area contributed by atoms with Gasteiger partial charge in [-0.25, -0.2) is 9.38 Å². The summed E-state index contributed by atoms with van der Waals surface area (Å²) in [6.45, 7) is 0.306. The number of alkyl halides is 2. The van der Waals surface area contributed by atoms with E-state index in [4.69, 9.17) is 16.3 Å². The number of Topliss-reactive ketones (excluding diaryl/α,β-unsaturated/α-hetero) is 1. The van der Waals surface area contributed by atoms with Gasteiger partial charge >= 0.3 is 5.92 Å². The number of nitriles is 1. The fourth-order valence-electron chi connectivity index (χ4n) is 2.81. The van der Waals surface area contributed by atoms with E-state index in [2.05, 4.69) is 20.8 Å². The molecule has 0 aromatic heterocycles. The van der Waals surface area contributed by atoms with E-state index < -0.39 is 42.1 Å². The molecule has 6 N–H and O–H groups in total. The summed E-state index contributed by atoms with van der Waals surface area (Å²) in [6, 6.07) is 4.06. The fraction of sp³-hybridized carbons (Fsp3) is 0.350. The smallest absolute Gasteiger partial charge is 0.310 e. The van der Waals surface area contributed by atoms with Crippen LogP contribution in [0.25, 0.3) is 0 Å². The summed E-state index contributed by atoms with van der Waals surface area (Å²) in [5, 5.41) is 17.1. The third-order valence-corrected chi connectivity index (χ3v) is 4.37. The fourth-order valence-corrected chi connectivity index (χ4v) is 2.81. The molecule has 1 aliphatic heterocycles. The summed E-state index contributed by atoms with van der Waals surface area (Å²) < 4.78 is 44.0. The lowest BCUT2D eigenvalue weighted by atomic mass is 10.0. The van der Waals surface area contributed by atoms with Crippen molar-refractivity contribution in [3.05, 3.63) is 40.8 Å². The molecule has 0 saturated heterocycles. The highest BCUT2D eigenvalue weighted by atomic mass is 19.3. The first-order valence-corrected chi connectivity index (χ1v) is 9.65. The second-order valence-electron chi connectivity index (χ2n) is 6.93. The van der Waals surface area contributed by atoms with E-state index in [1.165, 1.54) is 19.1 Å². The highest BCUT2D eigenvalue weighted by molar-refractivity contribution is 6.43. The van der Waals surface area contributed by atoms with Gasteiger partial charge in [-0.2, -0.15) is 14.0 Å². The Morgan fingerprint density at radius 2 is 2.12 bits per heavy atom. The standard InChI is InChI=1S/C20H22F3N7O3/c1-11-2-5-15(31)18(29-11)20(22,23)10-28-14-4-3-12(9-24)13(17(14)21)8-16(32)27-6-7-33-30-19(25)26/h2-4,28H,5-8,10H2,1H3,(H,27,32)(H4,25,26,30). The molecule has 0 bridgehead atoms. The molecule has 1 aromatic carbocycles. The van der Waals surface area contributed by atoms with E-state index in [9.17, 15) is 28.0 Å². The van der Waals surface area contributed by atoms with E-state index in [1.54, 1.807) is 6.07 Å². The molecule has 0 radical (unpaired) electrons. The van der Waals surface area contributed by atoms with E-state index in [0.29, 0.717) is 0 Å². The number of nitrogens with one attached hydrogen (secondary N) is 2. The van der Waals surface area contributed by atoms with Crippen LogP contribution in [0.3, 0.4) is 0 Å². The predicted molar refractivity (Wildman–Crippen MR) is 114 cm³/mol. The number of anilines is 1. The summed E-state index contributed by atoms with van der Waals surface area (Å²) in [5.74, 6) is -6.48. The molecule has 1 aliphatic rings. The van der Waals surface area contributed by atoms with E-state index in [-0.39, 0.29) is 48.0 Å². The van der Waals surface area contributed by atoms with Crippen molar-refractivity contribution in [1.29, 1.82) is 5.26 Å². The summed E-state index contributed by atoms with van der Waals surface area (Å²) in [6.07, 6.45) is 0.708. The maximum absolute atomic E-state index is 15.0. The molecule has 2 rings (SSSR count). The Hall–Kier alpha value is -4.08. The number of nitrogens with two attached hydrogens (primary N) is 2. The number of benzene rings is 1. The maximum Gasteiger partial charge on any atom is 0.310 e. The number of aliphatic imine (C=N–C) groups is 1. The van der Waals surface area contributed by atoms with Gasteiger partial charge in [0.25, 0.3) is 0 Å². The minimum atomic E-state index is -3.67. The Bertz CT molecular complexity index is 1060. The lowest BCUT2D eigenvalue weighted by Crippen LogP contribution is -2.42. The zero-order chi connectivity index (χ0) is 24.6. The number of hydrogen-bond donors (Lipinski definition) is 4. The van der Waals surface area contributed by atoms with Crippen molar-refractivity contribution >= 4 is 29.0 Å². The van der Waals surface area contributed by atoms with Gasteiger partial charge < -0.3 is 26.9 Å². The van der Waals surface area contributed by atoms with Crippen molar-refractivity contribution in [1.82, 2.24) is 5.32 Å². The molecule has 0 atom stereocenters. The second-order valence-corrected chi connectivity index (χ2v) is 6.93. The van der Waals surface area contributed by atoms with E-state index in [1.807, 2.05) is 0 Å². The molecule has 13 heteroatoms. The molecule has 0 aliphatic carbocycles. The number of hydrogen-bond acceptors (Lipinski definition) is 7. The van der Waals surface area contributed by atoms with Gasteiger partial charge in [-0.05, 0) is 24.2 Å². The zero-order valence-corrected chi connectivity index (χ0v) is 17.6. The molecule has 1 aromatic rings. The lowest BCUT2D eigenvalue weighted by molar-refractivity contribution is -0.120. The SMILES string of the molecule is CC1=CCC(=O)C(C(F)(F)CNc2ccc(C#N)c(CC(=O)NCCON=C(N)N)c2F)=N1. The van der Waals surface area contributed by atoms with Gasteiger partial charge in [0.05, 0.1) is 36.8 Å². The van der Waals surface area contributed by atoms with E-state index >= 15 is 0 Å². The Kier molecular flexibility index (Phi) is 8.38. The van der Waals surface area contributed by atoms with Gasteiger partial charge in [0.15, 0.2) is 17.3 Å². The molecule has 0 spiro atoms. The van der Waals surface area contributed by atoms with Crippen molar-refractivity contribution in [2.24, 2.45) is 21.6 Å². The maximum atomic E-state index is 15.0. The minimum absolute atomic E-state index is 0.00666. The van der Waals surface area contributed by atoms with Gasteiger partial charge in [-0.3, -0.25) is 9.59 Å². The van der Waals surface area contributed by atoms with Gasteiger partial charge in [0, 0.05) is 17.7 Å². The topological polar surface area (TPSA) is 168 Å². The van der Waals surface area contributed by atoms with Crippen molar-refractivity contribution in [2.75, 3.05) is 25.0 Å². The van der Waals surface area contributed by atoms with Crippen LogP contribution in [0.2, 0.25) is 0 Å². The number of rotatable bonds is 10. The highest BCUT2D eigenvalue weighted by Crippen LogP contribution is 2.26.